The first-order valence-electron chi connectivity index (χ1n) is 10.3. The van der Waals surface area contributed by atoms with Crippen molar-refractivity contribution in [2.24, 2.45) is 0 Å². The minimum Gasteiger partial charge on any atom is -0.494 e. The maximum Gasteiger partial charge on any atom is 0.416 e. The van der Waals surface area contributed by atoms with Gasteiger partial charge in [-0.2, -0.15) is 13.2 Å². The molecule has 0 amide bonds. The molecule has 4 aromatic rings. The van der Waals surface area contributed by atoms with E-state index in [0.29, 0.717) is 22.9 Å². The zero-order valence-electron chi connectivity index (χ0n) is 17.7. The molecular formula is C24H21F3N2O3S. The van der Waals surface area contributed by atoms with E-state index in [4.69, 9.17) is 9.84 Å². The van der Waals surface area contributed by atoms with Crippen LogP contribution in [0, 0.1) is 6.92 Å². The van der Waals surface area contributed by atoms with Crippen molar-refractivity contribution in [3.8, 4) is 16.3 Å². The van der Waals surface area contributed by atoms with Gasteiger partial charge in [-0.25, -0.2) is 4.98 Å². The summed E-state index contributed by atoms with van der Waals surface area (Å²) in [6.45, 7) is 2.38. The topological polar surface area (TPSA) is 75.2 Å². The third-order valence-electron chi connectivity index (χ3n) is 5.25. The molecule has 2 aromatic heterocycles. The molecule has 0 aliphatic rings. The molecule has 0 saturated carbocycles. The number of rotatable bonds is 8. The molecule has 0 bridgehead atoms. The molecule has 0 spiro atoms. The average molecular weight is 475 g/mol. The summed E-state index contributed by atoms with van der Waals surface area (Å²) in [7, 11) is 0. The number of carbonyl (C=O) groups is 1. The summed E-state index contributed by atoms with van der Waals surface area (Å²) >= 11 is 1.48. The molecular weight excluding hydrogens is 453 g/mol. The number of halogens is 3. The molecule has 0 unspecified atom stereocenters. The Morgan fingerprint density at radius 2 is 1.94 bits per heavy atom. The van der Waals surface area contributed by atoms with Crippen molar-refractivity contribution in [3.05, 3.63) is 70.4 Å². The van der Waals surface area contributed by atoms with Crippen molar-refractivity contribution >= 4 is 28.2 Å². The standard InChI is InChI=1S/C24H21F3N2O3S/c1-14-21(33-23(29-14)15-4-6-17(7-5-15)24(25,26)27)3-2-10-32-18-8-9-19-16(11-22(30)31)13-28-20(19)12-18/h4-9,12-13,28H,2-3,10-11H2,1H3,(H,30,31). The molecule has 2 N–H and O–H groups in total. The van der Waals surface area contributed by atoms with Crippen LogP contribution in [0.3, 0.4) is 0 Å². The molecule has 0 radical (unpaired) electrons. The van der Waals surface area contributed by atoms with Gasteiger partial charge < -0.3 is 14.8 Å². The quantitative estimate of drug-likeness (QED) is 0.296. The van der Waals surface area contributed by atoms with Gasteiger partial charge in [-0.1, -0.05) is 12.1 Å². The predicted octanol–water partition coefficient (Wildman–Crippen LogP) is 6.26. The molecule has 0 aliphatic carbocycles. The Morgan fingerprint density at radius 3 is 2.64 bits per heavy atom. The van der Waals surface area contributed by atoms with E-state index in [0.717, 1.165) is 52.0 Å². The number of alkyl halides is 3. The molecule has 5 nitrogen and oxygen atoms in total. The van der Waals surface area contributed by atoms with Crippen molar-refractivity contribution in [1.29, 1.82) is 0 Å². The lowest BCUT2D eigenvalue weighted by Crippen LogP contribution is -2.03. The molecule has 172 valence electrons. The van der Waals surface area contributed by atoms with Crippen molar-refractivity contribution in [2.45, 2.75) is 32.4 Å². The molecule has 33 heavy (non-hydrogen) atoms. The van der Waals surface area contributed by atoms with Gasteiger partial charge in [0.1, 0.15) is 10.8 Å². The van der Waals surface area contributed by atoms with Gasteiger partial charge in [-0.05, 0) is 49.6 Å². The second-order valence-corrected chi connectivity index (χ2v) is 8.73. The van der Waals surface area contributed by atoms with Crippen LogP contribution in [0.4, 0.5) is 13.2 Å². The highest BCUT2D eigenvalue weighted by Crippen LogP contribution is 2.33. The van der Waals surface area contributed by atoms with Crippen molar-refractivity contribution in [2.75, 3.05) is 6.61 Å². The number of fused-ring (bicyclic) bond motifs is 1. The molecule has 2 heterocycles. The Labute approximate surface area is 191 Å². The number of aromatic amines is 1. The Hall–Kier alpha value is -3.33. The van der Waals surface area contributed by atoms with Gasteiger partial charge in [0.05, 0.1) is 24.3 Å². The number of nitrogens with one attached hydrogen (secondary N) is 1. The molecule has 0 saturated heterocycles. The van der Waals surface area contributed by atoms with Gasteiger partial charge in [0.2, 0.25) is 0 Å². The van der Waals surface area contributed by atoms with Crippen LogP contribution in [0.15, 0.2) is 48.7 Å². The monoisotopic (exact) mass is 474 g/mol. The number of aryl methyl sites for hydroxylation is 2. The first kappa shape index (κ1) is 22.8. The normalized spacial score (nSPS) is 11.8. The number of carboxylic acids is 1. The second-order valence-electron chi connectivity index (χ2n) is 7.65. The number of thiazole rings is 1. The lowest BCUT2D eigenvalue weighted by Gasteiger charge is -2.06. The van der Waals surface area contributed by atoms with Crippen LogP contribution in [-0.2, 0) is 23.8 Å². The first-order valence-corrected chi connectivity index (χ1v) is 11.1. The number of ether oxygens (including phenoxy) is 1. The predicted molar refractivity (Wildman–Crippen MR) is 121 cm³/mol. The minimum absolute atomic E-state index is 0.0388. The van der Waals surface area contributed by atoms with Gasteiger partial charge in [0.15, 0.2) is 0 Å². The van der Waals surface area contributed by atoms with Crippen LogP contribution < -0.4 is 4.74 Å². The number of H-pyrrole nitrogens is 1. The maximum absolute atomic E-state index is 12.8. The summed E-state index contributed by atoms with van der Waals surface area (Å²) in [6, 6.07) is 10.6. The highest BCUT2D eigenvalue weighted by atomic mass is 32.1. The van der Waals surface area contributed by atoms with Crippen LogP contribution in [0.25, 0.3) is 21.5 Å². The number of aliphatic carboxylic acids is 1. The zero-order chi connectivity index (χ0) is 23.6. The highest BCUT2D eigenvalue weighted by Gasteiger charge is 2.30. The largest absolute Gasteiger partial charge is 0.494 e. The van der Waals surface area contributed by atoms with Crippen LogP contribution in [0.2, 0.25) is 0 Å². The van der Waals surface area contributed by atoms with Crippen LogP contribution in [0.1, 0.15) is 28.1 Å². The lowest BCUT2D eigenvalue weighted by molar-refractivity contribution is -0.138. The fraction of sp³-hybridized carbons (Fsp3) is 0.250. The number of hydrogen-bond donors (Lipinski definition) is 2. The fourth-order valence-corrected chi connectivity index (χ4v) is 4.68. The average Bonchev–Trinajstić information content (AvgIpc) is 3.33. The highest BCUT2D eigenvalue weighted by molar-refractivity contribution is 7.15. The van der Waals surface area contributed by atoms with Gasteiger partial charge in [0, 0.05) is 33.6 Å². The van der Waals surface area contributed by atoms with E-state index in [9.17, 15) is 18.0 Å². The van der Waals surface area contributed by atoms with Crippen molar-refractivity contribution in [1.82, 2.24) is 9.97 Å². The number of aromatic nitrogens is 2. The Balaban J connectivity index is 1.34. The lowest BCUT2D eigenvalue weighted by atomic mass is 10.1. The number of hydrogen-bond acceptors (Lipinski definition) is 4. The Morgan fingerprint density at radius 1 is 1.18 bits per heavy atom. The summed E-state index contributed by atoms with van der Waals surface area (Å²) in [5.41, 5.74) is 2.41. The van der Waals surface area contributed by atoms with Crippen LogP contribution in [-0.4, -0.2) is 27.7 Å². The Bertz CT molecular complexity index is 1280. The first-order chi connectivity index (χ1) is 15.7. The summed E-state index contributed by atoms with van der Waals surface area (Å²) < 4.78 is 44.1. The number of benzene rings is 2. The molecule has 9 heteroatoms. The van der Waals surface area contributed by atoms with Crippen molar-refractivity contribution in [3.63, 3.8) is 0 Å². The van der Waals surface area contributed by atoms with E-state index in [-0.39, 0.29) is 6.42 Å². The summed E-state index contributed by atoms with van der Waals surface area (Å²) in [5, 5.41) is 10.5. The number of carboxylic acid groups (broad SMARTS) is 1. The summed E-state index contributed by atoms with van der Waals surface area (Å²) in [5.74, 6) is -0.186. The SMILES string of the molecule is Cc1nc(-c2ccc(C(F)(F)F)cc2)sc1CCCOc1ccc2c(CC(=O)O)c[nH]c2c1. The van der Waals surface area contributed by atoms with E-state index in [2.05, 4.69) is 9.97 Å². The van der Waals surface area contributed by atoms with E-state index in [1.54, 1.807) is 6.20 Å². The molecule has 0 aliphatic heterocycles. The third-order valence-corrected chi connectivity index (χ3v) is 6.52. The van der Waals surface area contributed by atoms with Gasteiger partial charge in [-0.3, -0.25) is 4.79 Å². The molecule has 4 rings (SSSR count). The van der Waals surface area contributed by atoms with E-state index < -0.39 is 17.7 Å². The second kappa shape index (κ2) is 9.27. The van der Waals surface area contributed by atoms with Crippen molar-refractivity contribution < 1.29 is 27.8 Å². The van der Waals surface area contributed by atoms with Gasteiger partial charge in [0.25, 0.3) is 0 Å². The molecule has 0 fully saturated rings. The Kier molecular flexibility index (Phi) is 6.42. The minimum atomic E-state index is -4.35. The fourth-order valence-electron chi connectivity index (χ4n) is 3.57. The smallest absolute Gasteiger partial charge is 0.416 e. The maximum atomic E-state index is 12.8. The van der Waals surface area contributed by atoms with E-state index in [1.807, 2.05) is 25.1 Å². The van der Waals surface area contributed by atoms with E-state index >= 15 is 0 Å². The van der Waals surface area contributed by atoms with Gasteiger partial charge >= 0.3 is 12.1 Å². The zero-order valence-corrected chi connectivity index (χ0v) is 18.5. The van der Waals surface area contributed by atoms with Gasteiger partial charge in [-0.15, -0.1) is 11.3 Å². The molecule has 2 aromatic carbocycles. The molecule has 0 atom stereocenters. The summed E-state index contributed by atoms with van der Waals surface area (Å²) in [4.78, 5) is 19.6. The third kappa shape index (κ3) is 5.36. The number of nitrogens with zero attached hydrogens (tertiary/aromatic N) is 1. The summed E-state index contributed by atoms with van der Waals surface area (Å²) in [6.07, 6.45) is -1.19. The van der Waals surface area contributed by atoms with Crippen LogP contribution >= 0.6 is 11.3 Å². The van der Waals surface area contributed by atoms with E-state index in [1.165, 1.54) is 23.5 Å². The van der Waals surface area contributed by atoms with Crippen LogP contribution in [0.5, 0.6) is 5.75 Å².